The van der Waals surface area contributed by atoms with E-state index >= 15 is 0 Å². The van der Waals surface area contributed by atoms with Crippen molar-refractivity contribution in [1.29, 1.82) is 0 Å². The Balaban J connectivity index is 1.40. The molecule has 1 aliphatic heterocycles. The number of carbonyl (C=O) groups is 1. The zero-order valence-corrected chi connectivity index (χ0v) is 15.6. The van der Waals surface area contributed by atoms with Gasteiger partial charge in [-0.3, -0.25) is 4.79 Å². The summed E-state index contributed by atoms with van der Waals surface area (Å²) >= 11 is 0. The summed E-state index contributed by atoms with van der Waals surface area (Å²) in [5.74, 6) is 1.85. The first-order valence-electron chi connectivity index (χ1n) is 9.27. The number of methoxy groups -OCH3 is 1. The van der Waals surface area contributed by atoms with Crippen LogP contribution in [-0.2, 0) is 22.6 Å². The number of fused-ring (bicyclic) bond motifs is 1. The number of rotatable bonds is 6. The molecule has 4 heteroatoms. The highest BCUT2D eigenvalue weighted by Crippen LogP contribution is 2.52. The summed E-state index contributed by atoms with van der Waals surface area (Å²) in [6, 6.07) is 15.9. The van der Waals surface area contributed by atoms with Gasteiger partial charge in [0.05, 0.1) is 19.1 Å². The summed E-state index contributed by atoms with van der Waals surface area (Å²) in [6.07, 6.45) is 2.34. The fraction of sp³-hybridized carbons (Fsp3) is 0.348. The van der Waals surface area contributed by atoms with Crippen molar-refractivity contribution in [3.05, 3.63) is 71.8 Å². The first-order valence-corrected chi connectivity index (χ1v) is 9.27. The van der Waals surface area contributed by atoms with Gasteiger partial charge in [-0.15, -0.1) is 0 Å². The van der Waals surface area contributed by atoms with Crippen LogP contribution in [0.1, 0.15) is 24.0 Å². The summed E-state index contributed by atoms with van der Waals surface area (Å²) in [4.78, 5) is 12.4. The van der Waals surface area contributed by atoms with Gasteiger partial charge in [0.25, 0.3) is 0 Å². The maximum atomic E-state index is 12.4. The highest BCUT2D eigenvalue weighted by Gasteiger charge is 2.55. The van der Waals surface area contributed by atoms with Gasteiger partial charge in [0.2, 0.25) is 0 Å². The number of benzene rings is 2. The Morgan fingerprint density at radius 1 is 1.07 bits per heavy atom. The minimum Gasteiger partial charge on any atom is -0.497 e. The second-order valence-corrected chi connectivity index (χ2v) is 7.54. The second kappa shape index (κ2) is 7.10. The van der Waals surface area contributed by atoms with Crippen molar-refractivity contribution < 1.29 is 19.0 Å². The van der Waals surface area contributed by atoms with Crippen LogP contribution in [-0.4, -0.2) is 19.7 Å². The SMILES string of the molecule is C=C1CC2COC(=O)C2(Cc2ccc(OCc3ccc(OC)cc3)cc2)C1. The van der Waals surface area contributed by atoms with E-state index < -0.39 is 5.41 Å². The van der Waals surface area contributed by atoms with Crippen LogP contribution in [0.3, 0.4) is 0 Å². The molecule has 2 unspecified atom stereocenters. The number of hydrogen-bond donors (Lipinski definition) is 0. The molecule has 2 atom stereocenters. The van der Waals surface area contributed by atoms with Crippen LogP contribution < -0.4 is 9.47 Å². The van der Waals surface area contributed by atoms with Gasteiger partial charge in [-0.2, -0.15) is 0 Å². The molecule has 2 aromatic rings. The fourth-order valence-corrected chi connectivity index (χ4v) is 4.22. The van der Waals surface area contributed by atoms with Crippen molar-refractivity contribution >= 4 is 5.97 Å². The zero-order chi connectivity index (χ0) is 18.9. The standard InChI is InChI=1S/C23H24O4/c1-16-11-19-15-27-22(24)23(19,12-16)13-17-3-9-21(10-4-17)26-14-18-5-7-20(25-2)8-6-18/h3-10,19H,1,11-15H2,2H3. The van der Waals surface area contributed by atoms with Crippen LogP contribution in [0.15, 0.2) is 60.7 Å². The third-order valence-electron chi connectivity index (χ3n) is 5.71. The minimum atomic E-state index is -0.414. The molecule has 1 saturated carbocycles. The summed E-state index contributed by atoms with van der Waals surface area (Å²) in [6.45, 7) is 5.13. The monoisotopic (exact) mass is 364 g/mol. The van der Waals surface area contributed by atoms with E-state index in [1.807, 2.05) is 48.5 Å². The highest BCUT2D eigenvalue weighted by atomic mass is 16.5. The quantitative estimate of drug-likeness (QED) is 0.565. The molecule has 2 aromatic carbocycles. The number of hydrogen-bond acceptors (Lipinski definition) is 4. The lowest BCUT2D eigenvalue weighted by Crippen LogP contribution is -2.31. The fourth-order valence-electron chi connectivity index (χ4n) is 4.22. The topological polar surface area (TPSA) is 44.8 Å². The number of esters is 1. The van der Waals surface area contributed by atoms with Gasteiger partial charge in [-0.05, 0) is 54.7 Å². The minimum absolute atomic E-state index is 0.0639. The van der Waals surface area contributed by atoms with Crippen LogP contribution in [0.4, 0.5) is 0 Å². The first kappa shape index (κ1) is 17.7. The molecule has 0 bridgehead atoms. The van der Waals surface area contributed by atoms with E-state index in [0.29, 0.717) is 19.6 Å². The molecule has 27 heavy (non-hydrogen) atoms. The van der Waals surface area contributed by atoms with E-state index in [9.17, 15) is 4.79 Å². The van der Waals surface area contributed by atoms with Crippen molar-refractivity contribution in [2.75, 3.05) is 13.7 Å². The average Bonchev–Trinajstić information content (AvgIpc) is 3.16. The maximum absolute atomic E-state index is 12.4. The lowest BCUT2D eigenvalue weighted by atomic mass is 9.75. The molecule has 0 radical (unpaired) electrons. The third-order valence-corrected chi connectivity index (χ3v) is 5.71. The molecule has 0 amide bonds. The molecule has 1 saturated heterocycles. The summed E-state index contributed by atoms with van der Waals surface area (Å²) in [5, 5.41) is 0. The Labute approximate surface area is 159 Å². The first-order chi connectivity index (χ1) is 13.1. The van der Waals surface area contributed by atoms with E-state index in [2.05, 4.69) is 6.58 Å². The molecule has 0 N–H and O–H groups in total. The Morgan fingerprint density at radius 2 is 1.74 bits per heavy atom. The molecular weight excluding hydrogens is 340 g/mol. The van der Waals surface area contributed by atoms with Gasteiger partial charge in [-0.25, -0.2) is 0 Å². The normalized spacial score (nSPS) is 23.8. The molecule has 2 aliphatic rings. The lowest BCUT2D eigenvalue weighted by Gasteiger charge is -2.24. The van der Waals surface area contributed by atoms with Gasteiger partial charge < -0.3 is 14.2 Å². The number of ether oxygens (including phenoxy) is 3. The molecule has 2 fully saturated rings. The Kier molecular flexibility index (Phi) is 4.65. The predicted molar refractivity (Wildman–Crippen MR) is 103 cm³/mol. The molecular formula is C23H24O4. The van der Waals surface area contributed by atoms with Gasteiger partial charge >= 0.3 is 5.97 Å². The highest BCUT2D eigenvalue weighted by molar-refractivity contribution is 5.81. The van der Waals surface area contributed by atoms with Crippen LogP contribution in [0.5, 0.6) is 11.5 Å². The van der Waals surface area contributed by atoms with E-state index in [0.717, 1.165) is 41.0 Å². The molecule has 1 heterocycles. The Hall–Kier alpha value is -2.75. The largest absolute Gasteiger partial charge is 0.497 e. The molecule has 0 aromatic heterocycles. The van der Waals surface area contributed by atoms with Gasteiger partial charge in [0, 0.05) is 5.92 Å². The number of allylic oxidation sites excluding steroid dienone is 1. The Morgan fingerprint density at radius 3 is 2.44 bits per heavy atom. The van der Waals surface area contributed by atoms with Crippen molar-refractivity contribution in [3.63, 3.8) is 0 Å². The summed E-state index contributed by atoms with van der Waals surface area (Å²) < 4.78 is 16.4. The molecule has 4 nitrogen and oxygen atoms in total. The van der Waals surface area contributed by atoms with Crippen LogP contribution in [0.25, 0.3) is 0 Å². The summed E-state index contributed by atoms with van der Waals surface area (Å²) in [7, 11) is 1.65. The van der Waals surface area contributed by atoms with Gasteiger partial charge in [0.1, 0.15) is 18.1 Å². The van der Waals surface area contributed by atoms with Crippen molar-refractivity contribution in [3.8, 4) is 11.5 Å². The van der Waals surface area contributed by atoms with E-state index in [1.54, 1.807) is 7.11 Å². The van der Waals surface area contributed by atoms with Crippen molar-refractivity contribution in [2.45, 2.75) is 25.9 Å². The van der Waals surface area contributed by atoms with Crippen LogP contribution in [0.2, 0.25) is 0 Å². The van der Waals surface area contributed by atoms with Gasteiger partial charge in [-0.1, -0.05) is 36.4 Å². The number of carbonyl (C=O) groups excluding carboxylic acids is 1. The van der Waals surface area contributed by atoms with Crippen molar-refractivity contribution in [2.24, 2.45) is 11.3 Å². The smallest absolute Gasteiger partial charge is 0.313 e. The molecule has 4 rings (SSSR count). The van der Waals surface area contributed by atoms with Crippen LogP contribution in [0, 0.1) is 11.3 Å². The number of cyclic esters (lactones) is 1. The Bertz CT molecular complexity index is 838. The van der Waals surface area contributed by atoms with Gasteiger partial charge in [0.15, 0.2) is 0 Å². The predicted octanol–water partition coefficient (Wildman–Crippen LogP) is 4.33. The van der Waals surface area contributed by atoms with E-state index in [1.165, 1.54) is 0 Å². The van der Waals surface area contributed by atoms with E-state index in [4.69, 9.17) is 14.2 Å². The molecule has 0 spiro atoms. The maximum Gasteiger partial charge on any atom is 0.313 e. The third kappa shape index (κ3) is 3.44. The average molecular weight is 364 g/mol. The van der Waals surface area contributed by atoms with Crippen LogP contribution >= 0.6 is 0 Å². The molecule has 1 aliphatic carbocycles. The molecule has 140 valence electrons. The van der Waals surface area contributed by atoms with Crippen molar-refractivity contribution in [1.82, 2.24) is 0 Å². The second-order valence-electron chi connectivity index (χ2n) is 7.54. The zero-order valence-electron chi connectivity index (χ0n) is 15.6. The van der Waals surface area contributed by atoms with E-state index in [-0.39, 0.29) is 11.9 Å². The lowest BCUT2D eigenvalue weighted by molar-refractivity contribution is -0.146. The summed E-state index contributed by atoms with van der Waals surface area (Å²) in [5.41, 5.74) is 2.96.